The minimum absolute atomic E-state index is 0. The van der Waals surface area contributed by atoms with Crippen molar-refractivity contribution >= 4 is 35.6 Å². The van der Waals surface area contributed by atoms with Gasteiger partial charge in [0, 0.05) is 58.6 Å². The largest absolute Gasteiger partial charge is 0.383 e. The number of hydrogen-bond acceptors (Lipinski definition) is 4. The minimum Gasteiger partial charge on any atom is -0.383 e. The highest BCUT2D eigenvalue weighted by Gasteiger charge is 2.22. The normalized spacial score (nSPS) is 19.0. The van der Waals surface area contributed by atoms with Gasteiger partial charge in [-0.1, -0.05) is 12.1 Å². The highest BCUT2D eigenvalue weighted by molar-refractivity contribution is 14.0. The molecule has 6 nitrogen and oxygen atoms in total. The number of hydrogen-bond donors (Lipinski definition) is 1. The third-order valence-electron chi connectivity index (χ3n) is 6.10. The molecule has 0 saturated carbocycles. The lowest BCUT2D eigenvalue weighted by atomic mass is 9.97. The average Bonchev–Trinajstić information content (AvgIpc) is 2.76. The van der Waals surface area contributed by atoms with E-state index in [-0.39, 0.29) is 24.0 Å². The molecule has 1 aromatic rings. The van der Waals surface area contributed by atoms with Crippen LogP contribution in [0.25, 0.3) is 0 Å². The second-order valence-corrected chi connectivity index (χ2v) is 8.29. The van der Waals surface area contributed by atoms with Gasteiger partial charge in [0.1, 0.15) is 0 Å². The van der Waals surface area contributed by atoms with Crippen LogP contribution in [-0.2, 0) is 4.74 Å². The predicted molar refractivity (Wildman–Crippen MR) is 137 cm³/mol. The van der Waals surface area contributed by atoms with Crippen LogP contribution >= 0.6 is 24.0 Å². The van der Waals surface area contributed by atoms with E-state index in [2.05, 4.69) is 58.1 Å². The van der Waals surface area contributed by atoms with Crippen molar-refractivity contribution in [2.75, 3.05) is 77.5 Å². The molecule has 0 unspecified atom stereocenters. The fourth-order valence-electron chi connectivity index (χ4n) is 4.26. The summed E-state index contributed by atoms with van der Waals surface area (Å²) in [5.74, 6) is 1.80. The smallest absolute Gasteiger partial charge is 0.194 e. The lowest BCUT2D eigenvalue weighted by Gasteiger charge is -2.38. The fraction of sp³-hybridized carbons (Fsp3) is 0.696. The zero-order valence-corrected chi connectivity index (χ0v) is 21.3. The molecule has 0 bridgehead atoms. The first kappa shape index (κ1) is 25.2. The van der Waals surface area contributed by atoms with E-state index in [1.54, 1.807) is 7.11 Å². The number of nitrogens with zero attached hydrogens (tertiary/aromatic N) is 4. The number of methoxy groups -OCH3 is 1. The van der Waals surface area contributed by atoms with Gasteiger partial charge in [0.15, 0.2) is 5.96 Å². The van der Waals surface area contributed by atoms with E-state index >= 15 is 0 Å². The molecule has 0 amide bonds. The molecule has 0 aliphatic carbocycles. The number of benzene rings is 1. The number of anilines is 1. The van der Waals surface area contributed by atoms with Crippen LogP contribution in [0.5, 0.6) is 0 Å². The Morgan fingerprint density at radius 2 is 1.87 bits per heavy atom. The summed E-state index contributed by atoms with van der Waals surface area (Å²) in [6.07, 6.45) is 2.49. The maximum atomic E-state index is 5.21. The van der Waals surface area contributed by atoms with Gasteiger partial charge in [-0.25, -0.2) is 0 Å². The van der Waals surface area contributed by atoms with E-state index in [0.29, 0.717) is 5.92 Å². The Balaban J connectivity index is 0.00000320. The number of halogens is 1. The second kappa shape index (κ2) is 13.4. The lowest BCUT2D eigenvalue weighted by molar-refractivity contribution is 0.121. The molecular weight excluding hydrogens is 489 g/mol. The third-order valence-corrected chi connectivity index (χ3v) is 6.10. The number of nitrogens with one attached hydrogen (secondary N) is 1. The molecule has 2 aliphatic rings. The number of aryl methyl sites for hydroxylation is 1. The van der Waals surface area contributed by atoms with Crippen molar-refractivity contribution in [2.24, 2.45) is 10.9 Å². The average molecular weight is 530 g/mol. The van der Waals surface area contributed by atoms with Gasteiger partial charge in [0.2, 0.25) is 0 Å². The Kier molecular flexibility index (Phi) is 11.2. The molecule has 0 aromatic heterocycles. The Labute approximate surface area is 200 Å². The van der Waals surface area contributed by atoms with E-state index in [1.165, 1.54) is 37.2 Å². The van der Waals surface area contributed by atoms with Crippen LogP contribution in [0.4, 0.5) is 5.69 Å². The third kappa shape index (κ3) is 7.57. The lowest BCUT2D eigenvalue weighted by Crippen LogP contribution is -2.52. The standard InChI is InChI=1S/C23H39N5O.HI/c1-4-24-23(25-19-21-8-10-26(11-9-21)16-17-29-3)28-14-12-27(13-15-28)22-7-5-6-20(2)18-22;/h5-7,18,21H,4,8-17,19H2,1-3H3,(H,24,25);1H. The molecule has 7 heteroatoms. The van der Waals surface area contributed by atoms with E-state index in [9.17, 15) is 0 Å². The minimum atomic E-state index is 0. The number of guanidine groups is 1. The first-order valence-electron chi connectivity index (χ1n) is 11.3. The quantitative estimate of drug-likeness (QED) is 0.334. The van der Waals surface area contributed by atoms with Crippen LogP contribution in [0.3, 0.4) is 0 Å². The maximum absolute atomic E-state index is 5.21. The van der Waals surface area contributed by atoms with Crippen molar-refractivity contribution in [1.82, 2.24) is 15.1 Å². The number of aliphatic imine (C=N–C) groups is 1. The summed E-state index contributed by atoms with van der Waals surface area (Å²) in [4.78, 5) is 12.5. The summed E-state index contributed by atoms with van der Waals surface area (Å²) < 4.78 is 5.21. The van der Waals surface area contributed by atoms with E-state index < -0.39 is 0 Å². The van der Waals surface area contributed by atoms with Crippen LogP contribution in [-0.4, -0.2) is 88.4 Å². The molecule has 1 aromatic carbocycles. The molecule has 2 saturated heterocycles. The second-order valence-electron chi connectivity index (χ2n) is 8.29. The summed E-state index contributed by atoms with van der Waals surface area (Å²) in [7, 11) is 1.78. The number of piperazine rings is 1. The van der Waals surface area contributed by atoms with Crippen molar-refractivity contribution in [3.8, 4) is 0 Å². The molecule has 2 aliphatic heterocycles. The molecule has 1 N–H and O–H groups in total. The summed E-state index contributed by atoms with van der Waals surface area (Å²) in [6.45, 7) is 14.6. The maximum Gasteiger partial charge on any atom is 0.194 e. The number of piperidine rings is 1. The van der Waals surface area contributed by atoms with Crippen LogP contribution < -0.4 is 10.2 Å². The SMILES string of the molecule is CCNC(=NCC1CCN(CCOC)CC1)N1CCN(c2cccc(C)c2)CC1.I. The highest BCUT2D eigenvalue weighted by Crippen LogP contribution is 2.19. The molecule has 0 radical (unpaired) electrons. The molecule has 2 heterocycles. The summed E-state index contributed by atoms with van der Waals surface area (Å²) in [6, 6.07) is 8.83. The zero-order chi connectivity index (χ0) is 20.5. The van der Waals surface area contributed by atoms with Crippen LogP contribution in [0.1, 0.15) is 25.3 Å². The first-order valence-corrected chi connectivity index (χ1v) is 11.3. The van der Waals surface area contributed by atoms with E-state index in [0.717, 1.165) is 58.4 Å². The fourth-order valence-corrected chi connectivity index (χ4v) is 4.26. The Hall–Kier alpha value is -1.06. The molecule has 0 atom stereocenters. The molecule has 0 spiro atoms. The van der Waals surface area contributed by atoms with Crippen LogP contribution in [0, 0.1) is 12.8 Å². The highest BCUT2D eigenvalue weighted by atomic mass is 127. The van der Waals surface area contributed by atoms with Gasteiger partial charge in [0.25, 0.3) is 0 Å². The summed E-state index contributed by atoms with van der Waals surface area (Å²) in [5.41, 5.74) is 2.67. The van der Waals surface area contributed by atoms with Gasteiger partial charge in [-0.05, 0) is 63.4 Å². The van der Waals surface area contributed by atoms with Gasteiger partial charge in [-0.2, -0.15) is 0 Å². The van der Waals surface area contributed by atoms with Crippen LogP contribution in [0.15, 0.2) is 29.3 Å². The monoisotopic (exact) mass is 529 g/mol. The molecule has 3 rings (SSSR count). The summed E-state index contributed by atoms with van der Waals surface area (Å²) >= 11 is 0. The Morgan fingerprint density at radius 1 is 1.13 bits per heavy atom. The van der Waals surface area contributed by atoms with Gasteiger partial charge in [-0.3, -0.25) is 4.99 Å². The molecule has 170 valence electrons. The van der Waals surface area contributed by atoms with Crippen molar-refractivity contribution < 1.29 is 4.74 Å². The molecular formula is C23H40IN5O. The first-order chi connectivity index (χ1) is 14.2. The van der Waals surface area contributed by atoms with Crippen LogP contribution in [0.2, 0.25) is 0 Å². The van der Waals surface area contributed by atoms with Crippen molar-refractivity contribution in [3.63, 3.8) is 0 Å². The zero-order valence-electron chi connectivity index (χ0n) is 19.0. The number of rotatable bonds is 7. The molecule has 30 heavy (non-hydrogen) atoms. The van der Waals surface area contributed by atoms with Crippen molar-refractivity contribution in [1.29, 1.82) is 0 Å². The topological polar surface area (TPSA) is 43.3 Å². The van der Waals surface area contributed by atoms with Gasteiger partial charge in [0.05, 0.1) is 6.61 Å². The van der Waals surface area contributed by atoms with Gasteiger partial charge < -0.3 is 24.8 Å². The number of ether oxygens (including phenoxy) is 1. The number of likely N-dealkylation sites (tertiary alicyclic amines) is 1. The van der Waals surface area contributed by atoms with Gasteiger partial charge in [-0.15, -0.1) is 24.0 Å². The van der Waals surface area contributed by atoms with Crippen molar-refractivity contribution in [2.45, 2.75) is 26.7 Å². The van der Waals surface area contributed by atoms with Crippen molar-refractivity contribution in [3.05, 3.63) is 29.8 Å². The predicted octanol–water partition coefficient (Wildman–Crippen LogP) is 3.06. The Bertz CT molecular complexity index is 640. The van der Waals surface area contributed by atoms with Gasteiger partial charge >= 0.3 is 0 Å². The van der Waals surface area contributed by atoms with E-state index in [4.69, 9.17) is 9.73 Å². The Morgan fingerprint density at radius 3 is 2.50 bits per heavy atom. The molecule has 2 fully saturated rings. The van der Waals surface area contributed by atoms with E-state index in [1.807, 2.05) is 0 Å². The summed E-state index contributed by atoms with van der Waals surface area (Å²) in [5, 5.41) is 3.52.